The maximum Gasteiger partial charge on any atom is 0.338 e. The van der Waals surface area contributed by atoms with Gasteiger partial charge in [-0.15, -0.1) is 0 Å². The van der Waals surface area contributed by atoms with Gasteiger partial charge in [0.15, 0.2) is 0 Å². The van der Waals surface area contributed by atoms with Crippen LogP contribution >= 0.6 is 15.9 Å². The molecule has 0 fully saturated rings. The van der Waals surface area contributed by atoms with Gasteiger partial charge in [0.2, 0.25) is 0 Å². The average Bonchev–Trinajstić information content (AvgIpc) is 2.45. The third kappa shape index (κ3) is 5.50. The lowest BCUT2D eigenvalue weighted by molar-refractivity contribution is 0.0333. The van der Waals surface area contributed by atoms with Crippen molar-refractivity contribution in [1.82, 2.24) is 0 Å². The molecule has 2 unspecified atom stereocenters. The first-order chi connectivity index (χ1) is 9.87. The monoisotopic (exact) mass is 356 g/mol. The third-order valence-electron chi connectivity index (χ3n) is 3.14. The SMILES string of the molecule is CCC(C)OC(=O)c1cc(Br)cc(C(=O)OC(C)CC)c1. The molecule has 0 saturated carbocycles. The summed E-state index contributed by atoms with van der Waals surface area (Å²) < 4.78 is 11.2. The first kappa shape index (κ1) is 17.7. The molecule has 1 rings (SSSR count). The van der Waals surface area contributed by atoms with E-state index < -0.39 is 11.9 Å². The van der Waals surface area contributed by atoms with E-state index >= 15 is 0 Å². The summed E-state index contributed by atoms with van der Waals surface area (Å²) in [5.41, 5.74) is 0.668. The predicted octanol–water partition coefficient (Wildman–Crippen LogP) is 4.36. The van der Waals surface area contributed by atoms with Crippen LogP contribution in [0.15, 0.2) is 22.7 Å². The Morgan fingerprint density at radius 3 is 1.67 bits per heavy atom. The van der Waals surface area contributed by atoms with Crippen LogP contribution in [-0.4, -0.2) is 24.1 Å². The van der Waals surface area contributed by atoms with E-state index in [0.717, 1.165) is 12.8 Å². The van der Waals surface area contributed by atoms with Crippen LogP contribution in [0.4, 0.5) is 0 Å². The van der Waals surface area contributed by atoms with Crippen molar-refractivity contribution in [2.75, 3.05) is 0 Å². The number of hydrogen-bond acceptors (Lipinski definition) is 4. The Kier molecular flexibility index (Phi) is 6.89. The summed E-state index contributed by atoms with van der Waals surface area (Å²) in [6.07, 6.45) is 1.16. The summed E-state index contributed by atoms with van der Waals surface area (Å²) in [5, 5.41) is 0. The number of halogens is 1. The van der Waals surface area contributed by atoms with Crippen LogP contribution < -0.4 is 0 Å². The molecule has 5 heteroatoms. The molecule has 2 atom stereocenters. The van der Waals surface area contributed by atoms with E-state index in [1.165, 1.54) is 6.07 Å². The second-order valence-electron chi connectivity index (χ2n) is 4.98. The van der Waals surface area contributed by atoms with Crippen molar-refractivity contribution in [3.05, 3.63) is 33.8 Å². The average molecular weight is 357 g/mol. The number of carbonyl (C=O) groups is 2. The summed E-state index contributed by atoms with van der Waals surface area (Å²) in [4.78, 5) is 24.0. The molecular formula is C16H21BrO4. The van der Waals surface area contributed by atoms with Crippen molar-refractivity contribution < 1.29 is 19.1 Å². The van der Waals surface area contributed by atoms with E-state index in [1.54, 1.807) is 12.1 Å². The molecule has 4 nitrogen and oxygen atoms in total. The molecule has 21 heavy (non-hydrogen) atoms. The van der Waals surface area contributed by atoms with Gasteiger partial charge < -0.3 is 9.47 Å². The van der Waals surface area contributed by atoms with E-state index in [-0.39, 0.29) is 12.2 Å². The maximum absolute atomic E-state index is 12.0. The quantitative estimate of drug-likeness (QED) is 0.710. The van der Waals surface area contributed by atoms with Crippen molar-refractivity contribution in [2.45, 2.75) is 52.7 Å². The second kappa shape index (κ2) is 8.17. The summed E-state index contributed by atoms with van der Waals surface area (Å²) in [5.74, 6) is -0.883. The molecule has 0 radical (unpaired) electrons. The Hall–Kier alpha value is -1.36. The van der Waals surface area contributed by atoms with E-state index in [4.69, 9.17) is 9.47 Å². The van der Waals surface area contributed by atoms with Crippen molar-refractivity contribution in [3.63, 3.8) is 0 Å². The van der Waals surface area contributed by atoms with Crippen LogP contribution in [0.1, 0.15) is 61.3 Å². The Balaban J connectivity index is 2.94. The van der Waals surface area contributed by atoms with E-state index in [1.807, 2.05) is 27.7 Å². The highest BCUT2D eigenvalue weighted by Gasteiger charge is 2.17. The molecule has 0 N–H and O–H groups in total. The minimum absolute atomic E-state index is 0.160. The summed E-state index contributed by atoms with van der Waals surface area (Å²) in [7, 11) is 0. The van der Waals surface area contributed by atoms with Crippen LogP contribution in [0, 0.1) is 0 Å². The lowest BCUT2D eigenvalue weighted by atomic mass is 10.1. The van der Waals surface area contributed by atoms with Gasteiger partial charge in [0, 0.05) is 4.47 Å². The highest BCUT2D eigenvalue weighted by atomic mass is 79.9. The lowest BCUT2D eigenvalue weighted by Crippen LogP contribution is -2.16. The molecule has 1 aromatic rings. The Morgan fingerprint density at radius 2 is 1.33 bits per heavy atom. The first-order valence-corrected chi connectivity index (χ1v) is 7.89. The molecular weight excluding hydrogens is 336 g/mol. The zero-order valence-corrected chi connectivity index (χ0v) is 14.4. The largest absolute Gasteiger partial charge is 0.459 e. The Labute approximate surface area is 133 Å². The molecule has 1 aromatic carbocycles. The second-order valence-corrected chi connectivity index (χ2v) is 5.89. The highest BCUT2D eigenvalue weighted by molar-refractivity contribution is 9.10. The Morgan fingerprint density at radius 1 is 0.952 bits per heavy atom. The molecule has 0 amide bonds. The fraction of sp³-hybridized carbons (Fsp3) is 0.500. The van der Waals surface area contributed by atoms with Gasteiger partial charge in [-0.3, -0.25) is 0 Å². The number of ether oxygens (including phenoxy) is 2. The Bertz CT molecular complexity index is 471. The molecule has 0 aromatic heterocycles. The molecule has 116 valence electrons. The molecule has 0 saturated heterocycles. The first-order valence-electron chi connectivity index (χ1n) is 7.09. The van der Waals surface area contributed by atoms with Crippen molar-refractivity contribution in [2.24, 2.45) is 0 Å². The van der Waals surface area contributed by atoms with Gasteiger partial charge in [-0.2, -0.15) is 0 Å². The normalized spacial score (nSPS) is 13.4. The third-order valence-corrected chi connectivity index (χ3v) is 3.59. The fourth-order valence-electron chi connectivity index (χ4n) is 1.49. The smallest absolute Gasteiger partial charge is 0.338 e. The van der Waals surface area contributed by atoms with Gasteiger partial charge in [-0.25, -0.2) is 9.59 Å². The van der Waals surface area contributed by atoms with Crippen LogP contribution in [0.5, 0.6) is 0 Å². The van der Waals surface area contributed by atoms with E-state index in [0.29, 0.717) is 15.6 Å². The van der Waals surface area contributed by atoms with E-state index in [9.17, 15) is 9.59 Å². The standard InChI is InChI=1S/C16H21BrO4/c1-5-10(3)20-15(18)12-7-13(9-14(17)8-12)16(19)21-11(4)6-2/h7-11H,5-6H2,1-4H3. The summed E-state index contributed by atoms with van der Waals surface area (Å²) >= 11 is 3.30. The topological polar surface area (TPSA) is 52.6 Å². The van der Waals surface area contributed by atoms with Gasteiger partial charge in [-0.1, -0.05) is 29.8 Å². The number of esters is 2. The van der Waals surface area contributed by atoms with Gasteiger partial charge in [0.05, 0.1) is 23.3 Å². The molecule has 0 aliphatic rings. The summed E-state index contributed by atoms with van der Waals surface area (Å²) in [6.45, 7) is 7.53. The molecule has 0 spiro atoms. The number of carbonyl (C=O) groups excluding carboxylic acids is 2. The van der Waals surface area contributed by atoms with Crippen molar-refractivity contribution in [1.29, 1.82) is 0 Å². The van der Waals surface area contributed by atoms with E-state index in [2.05, 4.69) is 15.9 Å². The number of rotatable bonds is 6. The van der Waals surface area contributed by atoms with Crippen molar-refractivity contribution in [3.8, 4) is 0 Å². The summed E-state index contributed by atoms with van der Waals surface area (Å²) in [6, 6.07) is 4.76. The number of hydrogen-bond donors (Lipinski definition) is 0. The van der Waals surface area contributed by atoms with Crippen LogP contribution in [-0.2, 0) is 9.47 Å². The van der Waals surface area contributed by atoms with Gasteiger partial charge in [-0.05, 0) is 44.9 Å². The zero-order chi connectivity index (χ0) is 16.0. The van der Waals surface area contributed by atoms with Crippen LogP contribution in [0.3, 0.4) is 0 Å². The zero-order valence-electron chi connectivity index (χ0n) is 12.8. The van der Waals surface area contributed by atoms with Crippen LogP contribution in [0.2, 0.25) is 0 Å². The maximum atomic E-state index is 12.0. The predicted molar refractivity (Wildman–Crippen MR) is 84.5 cm³/mol. The van der Waals surface area contributed by atoms with Gasteiger partial charge >= 0.3 is 11.9 Å². The minimum Gasteiger partial charge on any atom is -0.459 e. The molecule has 0 heterocycles. The van der Waals surface area contributed by atoms with Gasteiger partial charge in [0.1, 0.15) is 0 Å². The number of benzene rings is 1. The van der Waals surface area contributed by atoms with Gasteiger partial charge in [0.25, 0.3) is 0 Å². The molecule has 0 bridgehead atoms. The highest BCUT2D eigenvalue weighted by Crippen LogP contribution is 2.19. The van der Waals surface area contributed by atoms with Crippen LogP contribution in [0.25, 0.3) is 0 Å². The fourth-order valence-corrected chi connectivity index (χ4v) is 1.99. The lowest BCUT2D eigenvalue weighted by Gasteiger charge is -2.13. The van der Waals surface area contributed by atoms with Crippen molar-refractivity contribution >= 4 is 27.9 Å². The molecule has 0 aliphatic heterocycles. The molecule has 0 aliphatic carbocycles. The minimum atomic E-state index is -0.441.